The van der Waals surface area contributed by atoms with Crippen LogP contribution in [0.15, 0.2) is 54.6 Å². The van der Waals surface area contributed by atoms with Crippen LogP contribution in [0.1, 0.15) is 19.4 Å². The van der Waals surface area contributed by atoms with Gasteiger partial charge in [-0.25, -0.2) is 4.39 Å². The fraction of sp³-hybridized carbons (Fsp3) is 0.238. The number of amides is 2. The van der Waals surface area contributed by atoms with Gasteiger partial charge in [-0.15, -0.1) is 0 Å². The summed E-state index contributed by atoms with van der Waals surface area (Å²) in [6.07, 6.45) is 3.08. The SMILES string of the molecule is COc1ccccc1/C=C/C(=O)N(CC(=O)Nc1ccc(F)cc1)C(C)C. The highest BCUT2D eigenvalue weighted by atomic mass is 19.1. The van der Waals surface area contributed by atoms with Gasteiger partial charge in [0.15, 0.2) is 0 Å². The summed E-state index contributed by atoms with van der Waals surface area (Å²) in [6.45, 7) is 3.56. The zero-order valence-corrected chi connectivity index (χ0v) is 15.6. The Bertz CT molecular complexity index is 816. The number of para-hydroxylation sites is 1. The van der Waals surface area contributed by atoms with Crippen LogP contribution in [0, 0.1) is 5.82 Å². The van der Waals surface area contributed by atoms with Crippen LogP contribution in [-0.4, -0.2) is 36.4 Å². The largest absolute Gasteiger partial charge is 0.496 e. The number of ether oxygens (including phenoxy) is 1. The molecule has 0 heterocycles. The number of methoxy groups -OCH3 is 1. The second-order valence-corrected chi connectivity index (χ2v) is 6.19. The van der Waals surface area contributed by atoms with Gasteiger partial charge in [0.05, 0.1) is 7.11 Å². The molecule has 6 heteroatoms. The Morgan fingerprint density at radius 3 is 2.44 bits per heavy atom. The lowest BCUT2D eigenvalue weighted by atomic mass is 10.2. The number of hydrogen-bond acceptors (Lipinski definition) is 3. The van der Waals surface area contributed by atoms with E-state index in [4.69, 9.17) is 4.74 Å². The van der Waals surface area contributed by atoms with Crippen molar-refractivity contribution >= 4 is 23.6 Å². The van der Waals surface area contributed by atoms with Gasteiger partial charge < -0.3 is 15.0 Å². The predicted octanol–water partition coefficient (Wildman–Crippen LogP) is 3.72. The number of hydrogen-bond donors (Lipinski definition) is 1. The van der Waals surface area contributed by atoms with Crippen LogP contribution in [0.3, 0.4) is 0 Å². The molecular weight excluding hydrogens is 347 g/mol. The highest BCUT2D eigenvalue weighted by molar-refractivity contribution is 5.98. The van der Waals surface area contributed by atoms with Crippen molar-refractivity contribution in [2.45, 2.75) is 19.9 Å². The van der Waals surface area contributed by atoms with Crippen LogP contribution < -0.4 is 10.1 Å². The maximum Gasteiger partial charge on any atom is 0.247 e. The van der Waals surface area contributed by atoms with Crippen molar-refractivity contribution in [3.63, 3.8) is 0 Å². The van der Waals surface area contributed by atoms with E-state index in [1.54, 1.807) is 19.3 Å². The first-order valence-corrected chi connectivity index (χ1v) is 8.58. The van der Waals surface area contributed by atoms with E-state index in [9.17, 15) is 14.0 Å². The molecule has 2 rings (SSSR count). The van der Waals surface area contributed by atoms with E-state index in [1.165, 1.54) is 35.2 Å². The Labute approximate surface area is 158 Å². The van der Waals surface area contributed by atoms with Gasteiger partial charge in [-0.2, -0.15) is 0 Å². The molecule has 0 aliphatic heterocycles. The number of carbonyl (C=O) groups is 2. The van der Waals surface area contributed by atoms with Crippen molar-refractivity contribution in [3.05, 3.63) is 66.0 Å². The van der Waals surface area contributed by atoms with Crippen LogP contribution in [0.4, 0.5) is 10.1 Å². The van der Waals surface area contributed by atoms with E-state index in [1.807, 2.05) is 32.0 Å². The molecule has 0 atom stereocenters. The number of benzene rings is 2. The van der Waals surface area contributed by atoms with E-state index in [2.05, 4.69) is 5.32 Å². The Balaban J connectivity index is 2.05. The molecule has 5 nitrogen and oxygen atoms in total. The molecule has 0 fully saturated rings. The van der Waals surface area contributed by atoms with E-state index >= 15 is 0 Å². The van der Waals surface area contributed by atoms with Crippen molar-refractivity contribution in [2.75, 3.05) is 19.0 Å². The van der Waals surface area contributed by atoms with Gasteiger partial charge in [-0.3, -0.25) is 9.59 Å². The summed E-state index contributed by atoms with van der Waals surface area (Å²) in [5.74, 6) is -0.361. The summed E-state index contributed by atoms with van der Waals surface area (Å²) < 4.78 is 18.2. The highest BCUT2D eigenvalue weighted by Crippen LogP contribution is 2.19. The smallest absolute Gasteiger partial charge is 0.247 e. The Hall–Kier alpha value is -3.15. The molecule has 2 aromatic carbocycles. The molecule has 1 N–H and O–H groups in total. The Morgan fingerprint density at radius 1 is 1.15 bits per heavy atom. The quantitative estimate of drug-likeness (QED) is 0.756. The second kappa shape index (κ2) is 9.52. The molecule has 2 aromatic rings. The maximum atomic E-state index is 12.9. The van der Waals surface area contributed by atoms with Gasteiger partial charge in [-0.05, 0) is 50.3 Å². The number of halogens is 1. The summed E-state index contributed by atoms with van der Waals surface area (Å²) in [4.78, 5) is 26.3. The fourth-order valence-corrected chi connectivity index (χ4v) is 2.46. The third kappa shape index (κ3) is 5.95. The minimum absolute atomic E-state index is 0.107. The van der Waals surface area contributed by atoms with Crippen molar-refractivity contribution < 1.29 is 18.7 Å². The van der Waals surface area contributed by atoms with Crippen LogP contribution >= 0.6 is 0 Å². The summed E-state index contributed by atoms with van der Waals surface area (Å²) in [7, 11) is 1.56. The van der Waals surface area contributed by atoms with Gasteiger partial charge in [-0.1, -0.05) is 18.2 Å². The first kappa shape index (κ1) is 20.2. The first-order chi connectivity index (χ1) is 12.9. The topological polar surface area (TPSA) is 58.6 Å². The number of carbonyl (C=O) groups excluding carboxylic acids is 2. The molecule has 142 valence electrons. The van der Waals surface area contributed by atoms with Crippen LogP contribution in [0.25, 0.3) is 6.08 Å². The monoisotopic (exact) mass is 370 g/mol. The highest BCUT2D eigenvalue weighted by Gasteiger charge is 2.18. The predicted molar refractivity (Wildman–Crippen MR) is 104 cm³/mol. The second-order valence-electron chi connectivity index (χ2n) is 6.19. The number of rotatable bonds is 7. The van der Waals surface area contributed by atoms with Gasteiger partial charge in [0, 0.05) is 23.4 Å². The van der Waals surface area contributed by atoms with Crippen molar-refractivity contribution in [1.29, 1.82) is 0 Å². The standard InChI is InChI=1S/C21H23FN2O3/c1-15(2)24(14-20(25)23-18-11-9-17(22)10-12-18)21(26)13-8-16-6-4-5-7-19(16)27-3/h4-13,15H,14H2,1-3H3,(H,23,25)/b13-8+. The molecule has 0 aromatic heterocycles. The summed E-state index contributed by atoms with van der Waals surface area (Å²) >= 11 is 0. The van der Waals surface area contributed by atoms with Crippen molar-refractivity contribution in [1.82, 2.24) is 4.90 Å². The average molecular weight is 370 g/mol. The van der Waals surface area contributed by atoms with E-state index < -0.39 is 0 Å². The van der Waals surface area contributed by atoms with Crippen LogP contribution in [-0.2, 0) is 9.59 Å². The van der Waals surface area contributed by atoms with Crippen molar-refractivity contribution in [3.8, 4) is 5.75 Å². The average Bonchev–Trinajstić information content (AvgIpc) is 2.66. The minimum Gasteiger partial charge on any atom is -0.496 e. The molecule has 0 aliphatic rings. The zero-order valence-electron chi connectivity index (χ0n) is 15.6. The van der Waals surface area contributed by atoms with Gasteiger partial charge >= 0.3 is 0 Å². The molecule has 0 spiro atoms. The van der Waals surface area contributed by atoms with Gasteiger partial charge in [0.1, 0.15) is 18.1 Å². The molecule has 0 unspecified atom stereocenters. The molecular formula is C21H23FN2O3. The minimum atomic E-state index is -0.381. The molecule has 0 aliphatic carbocycles. The summed E-state index contributed by atoms with van der Waals surface area (Å²) in [6, 6.07) is 12.6. The Morgan fingerprint density at radius 2 is 1.81 bits per heavy atom. The molecule has 0 saturated heterocycles. The van der Waals surface area contributed by atoms with Gasteiger partial charge in [0.25, 0.3) is 0 Å². The summed E-state index contributed by atoms with van der Waals surface area (Å²) in [5.41, 5.74) is 1.25. The lowest BCUT2D eigenvalue weighted by molar-refractivity contribution is -0.132. The first-order valence-electron chi connectivity index (χ1n) is 8.58. The molecule has 2 amide bonds. The third-order valence-corrected chi connectivity index (χ3v) is 3.89. The number of nitrogens with zero attached hydrogens (tertiary/aromatic N) is 1. The molecule has 0 radical (unpaired) electrons. The van der Waals surface area contributed by atoms with E-state index in [0.29, 0.717) is 11.4 Å². The molecule has 0 bridgehead atoms. The third-order valence-electron chi connectivity index (χ3n) is 3.89. The lowest BCUT2D eigenvalue weighted by Crippen LogP contribution is -2.41. The van der Waals surface area contributed by atoms with E-state index in [-0.39, 0.29) is 30.2 Å². The van der Waals surface area contributed by atoms with E-state index in [0.717, 1.165) is 5.56 Å². The van der Waals surface area contributed by atoms with Crippen molar-refractivity contribution in [2.24, 2.45) is 0 Å². The van der Waals surface area contributed by atoms with Gasteiger partial charge in [0.2, 0.25) is 11.8 Å². The zero-order chi connectivity index (χ0) is 19.8. The maximum absolute atomic E-state index is 12.9. The number of nitrogens with one attached hydrogen (secondary N) is 1. The van der Waals surface area contributed by atoms with Crippen LogP contribution in [0.2, 0.25) is 0 Å². The molecule has 0 saturated carbocycles. The van der Waals surface area contributed by atoms with Crippen LogP contribution in [0.5, 0.6) is 5.75 Å². The normalized spacial score (nSPS) is 10.9. The fourth-order valence-electron chi connectivity index (χ4n) is 2.46. The Kier molecular flexibility index (Phi) is 7.11. The lowest BCUT2D eigenvalue weighted by Gasteiger charge is -2.25. The summed E-state index contributed by atoms with van der Waals surface area (Å²) in [5, 5.41) is 2.66. The molecule has 27 heavy (non-hydrogen) atoms. The number of anilines is 1.